The van der Waals surface area contributed by atoms with E-state index in [0.717, 1.165) is 6.08 Å². The van der Waals surface area contributed by atoms with Crippen LogP contribution in [-0.4, -0.2) is 37.2 Å². The SMILES string of the molecule is C=CC(=O)NCCCCCCC(F)(P(=O)(O)O)P(=O)(O)O. The predicted octanol–water partition coefficient (Wildman–Crippen LogP) is 1.22. The van der Waals surface area contributed by atoms with Gasteiger partial charge in [0.05, 0.1) is 0 Å². The first-order chi connectivity index (χ1) is 9.45. The zero-order valence-corrected chi connectivity index (χ0v) is 13.1. The topological polar surface area (TPSA) is 144 Å². The number of hydrogen-bond donors (Lipinski definition) is 5. The lowest BCUT2D eigenvalue weighted by molar-refractivity contribution is -0.116. The molecular formula is C10H20FNO7P2. The zero-order valence-electron chi connectivity index (χ0n) is 11.3. The van der Waals surface area contributed by atoms with E-state index in [4.69, 9.17) is 19.6 Å². The molecule has 0 rings (SSSR count). The molecule has 0 aromatic heterocycles. The Kier molecular flexibility index (Phi) is 7.95. The van der Waals surface area contributed by atoms with Crippen LogP contribution in [0.15, 0.2) is 12.7 Å². The Balaban J connectivity index is 4.20. The van der Waals surface area contributed by atoms with Crippen molar-refractivity contribution in [1.82, 2.24) is 5.32 Å². The minimum absolute atomic E-state index is 0.0951. The molecule has 0 radical (unpaired) electrons. The van der Waals surface area contributed by atoms with Gasteiger partial charge in [0.2, 0.25) is 5.91 Å². The van der Waals surface area contributed by atoms with Crippen molar-refractivity contribution in [2.45, 2.75) is 37.3 Å². The molecule has 0 bridgehead atoms. The number of hydrogen-bond acceptors (Lipinski definition) is 3. The molecule has 0 spiro atoms. The van der Waals surface area contributed by atoms with Crippen LogP contribution >= 0.6 is 15.2 Å². The van der Waals surface area contributed by atoms with Gasteiger partial charge < -0.3 is 24.9 Å². The summed E-state index contributed by atoms with van der Waals surface area (Å²) in [6.45, 7) is 3.62. The smallest absolute Gasteiger partial charge is 0.353 e. The maximum Gasteiger partial charge on any atom is 0.375 e. The Labute approximate surface area is 121 Å². The van der Waals surface area contributed by atoms with E-state index < -0.39 is 26.8 Å². The van der Waals surface area contributed by atoms with Gasteiger partial charge in [0.15, 0.2) is 0 Å². The summed E-state index contributed by atoms with van der Waals surface area (Å²) in [5.41, 5.74) is 0. The molecule has 0 atom stereocenters. The van der Waals surface area contributed by atoms with E-state index in [1.165, 1.54) is 0 Å². The van der Waals surface area contributed by atoms with Crippen molar-refractivity contribution in [2.75, 3.05) is 6.54 Å². The molecule has 0 saturated heterocycles. The molecule has 0 aromatic rings. The standard InChI is InChI=1S/C10H20FNO7P2/c1-2-9(13)12-8-6-4-3-5-7-10(11,20(14,15)16)21(17,18)19/h2H,1,3-8H2,(H,12,13)(H2,14,15,16)(H2,17,18,19). The van der Waals surface area contributed by atoms with Gasteiger partial charge in [-0.3, -0.25) is 13.9 Å². The van der Waals surface area contributed by atoms with Gasteiger partial charge in [-0.05, 0) is 18.9 Å². The van der Waals surface area contributed by atoms with Crippen LogP contribution in [0.2, 0.25) is 0 Å². The molecule has 21 heavy (non-hydrogen) atoms. The number of carbonyl (C=O) groups is 1. The van der Waals surface area contributed by atoms with Crippen molar-refractivity contribution in [1.29, 1.82) is 0 Å². The largest absolute Gasteiger partial charge is 0.375 e. The van der Waals surface area contributed by atoms with Gasteiger partial charge in [0, 0.05) is 13.0 Å². The van der Waals surface area contributed by atoms with E-state index >= 15 is 0 Å². The van der Waals surface area contributed by atoms with Crippen LogP contribution < -0.4 is 5.32 Å². The van der Waals surface area contributed by atoms with E-state index in [1.807, 2.05) is 0 Å². The second-order valence-corrected chi connectivity index (χ2v) is 8.41. The molecule has 5 N–H and O–H groups in total. The van der Waals surface area contributed by atoms with Gasteiger partial charge in [-0.15, -0.1) is 0 Å². The first-order valence-electron chi connectivity index (χ1n) is 6.16. The lowest BCUT2D eigenvalue weighted by atomic mass is 10.1. The highest BCUT2D eigenvalue weighted by molar-refractivity contribution is 7.72. The van der Waals surface area contributed by atoms with Gasteiger partial charge in [0.25, 0.3) is 0 Å². The first kappa shape index (κ1) is 20.4. The van der Waals surface area contributed by atoms with Crippen LogP contribution in [0.1, 0.15) is 32.1 Å². The number of carbonyl (C=O) groups excluding carboxylic acids is 1. The summed E-state index contributed by atoms with van der Waals surface area (Å²) >= 11 is 0. The summed E-state index contributed by atoms with van der Waals surface area (Å²) in [5.74, 6) is -0.333. The Morgan fingerprint density at radius 3 is 2.00 bits per heavy atom. The van der Waals surface area contributed by atoms with Crippen molar-refractivity contribution in [3.8, 4) is 0 Å². The summed E-state index contributed by atoms with van der Waals surface area (Å²) in [7, 11) is -11.2. The summed E-state index contributed by atoms with van der Waals surface area (Å²) in [4.78, 5) is 46.0. The summed E-state index contributed by atoms with van der Waals surface area (Å²) < 4.78 is 35.8. The van der Waals surface area contributed by atoms with Crippen molar-refractivity contribution >= 4 is 21.1 Å². The highest BCUT2D eigenvalue weighted by atomic mass is 31.2. The zero-order chi connectivity index (χ0) is 16.7. The Bertz CT molecular complexity index is 436. The van der Waals surface area contributed by atoms with Gasteiger partial charge in [-0.25, -0.2) is 4.39 Å². The van der Waals surface area contributed by atoms with Gasteiger partial charge in [0.1, 0.15) is 0 Å². The van der Waals surface area contributed by atoms with E-state index in [1.54, 1.807) is 0 Å². The second-order valence-electron chi connectivity index (χ2n) is 4.47. The molecule has 0 aliphatic carbocycles. The maximum absolute atomic E-state index is 13.9. The average Bonchev–Trinajstić information content (AvgIpc) is 2.34. The van der Waals surface area contributed by atoms with Crippen molar-refractivity contribution in [3.05, 3.63) is 12.7 Å². The summed E-state index contributed by atoms with van der Waals surface area (Å²) in [5, 5.41) is -1.33. The fraction of sp³-hybridized carbons (Fsp3) is 0.700. The van der Waals surface area contributed by atoms with E-state index in [2.05, 4.69) is 11.9 Å². The lowest BCUT2D eigenvalue weighted by Crippen LogP contribution is -2.23. The third kappa shape index (κ3) is 6.38. The van der Waals surface area contributed by atoms with E-state index in [9.17, 15) is 18.3 Å². The normalized spacial score (nSPS) is 13.0. The number of amides is 1. The van der Waals surface area contributed by atoms with Crippen molar-refractivity contribution in [3.63, 3.8) is 0 Å². The second kappa shape index (κ2) is 8.17. The van der Waals surface area contributed by atoms with Crippen LogP contribution in [0.25, 0.3) is 0 Å². The fourth-order valence-electron chi connectivity index (χ4n) is 1.57. The van der Waals surface area contributed by atoms with Crippen LogP contribution in [0.4, 0.5) is 4.39 Å². The number of alkyl halides is 1. The van der Waals surface area contributed by atoms with Gasteiger partial charge in [-0.1, -0.05) is 19.4 Å². The summed E-state index contributed by atoms with van der Waals surface area (Å²) in [6, 6.07) is 0. The molecule has 0 unspecified atom stereocenters. The van der Waals surface area contributed by atoms with E-state index in [-0.39, 0.29) is 12.3 Å². The van der Waals surface area contributed by atoms with Crippen molar-refractivity contribution < 1.29 is 37.9 Å². The Hall–Kier alpha value is -0.560. The molecule has 0 aromatic carbocycles. The van der Waals surface area contributed by atoms with E-state index in [0.29, 0.717) is 25.8 Å². The minimum atomic E-state index is -5.59. The maximum atomic E-state index is 13.9. The fourth-order valence-corrected chi connectivity index (χ4v) is 3.83. The van der Waals surface area contributed by atoms with Gasteiger partial charge >= 0.3 is 20.3 Å². The molecule has 0 fully saturated rings. The average molecular weight is 347 g/mol. The molecule has 11 heteroatoms. The quantitative estimate of drug-likeness (QED) is 0.227. The highest BCUT2D eigenvalue weighted by Crippen LogP contribution is 2.71. The molecule has 0 aliphatic rings. The number of unbranched alkanes of at least 4 members (excludes halogenated alkanes) is 3. The third-order valence-electron chi connectivity index (χ3n) is 2.80. The summed E-state index contributed by atoms with van der Waals surface area (Å²) in [6.07, 6.45) is 1.45. The van der Waals surface area contributed by atoms with Gasteiger partial charge in [-0.2, -0.15) is 0 Å². The first-order valence-corrected chi connectivity index (χ1v) is 9.38. The Morgan fingerprint density at radius 1 is 1.10 bits per heavy atom. The molecule has 124 valence electrons. The number of nitrogens with one attached hydrogen (secondary N) is 1. The minimum Gasteiger partial charge on any atom is -0.353 e. The molecule has 0 aliphatic heterocycles. The Morgan fingerprint density at radius 2 is 1.57 bits per heavy atom. The number of rotatable bonds is 10. The van der Waals surface area contributed by atoms with Crippen LogP contribution in [0, 0.1) is 0 Å². The van der Waals surface area contributed by atoms with Crippen LogP contribution in [0.5, 0.6) is 0 Å². The number of halogens is 1. The van der Waals surface area contributed by atoms with Crippen LogP contribution in [0.3, 0.4) is 0 Å². The molecule has 0 saturated carbocycles. The lowest BCUT2D eigenvalue weighted by Gasteiger charge is -2.26. The molecule has 1 amide bonds. The monoisotopic (exact) mass is 347 g/mol. The molecule has 0 heterocycles. The van der Waals surface area contributed by atoms with Crippen molar-refractivity contribution in [2.24, 2.45) is 0 Å². The molecular weight excluding hydrogens is 327 g/mol. The molecule has 8 nitrogen and oxygen atoms in total. The third-order valence-corrected chi connectivity index (χ3v) is 6.59. The van der Waals surface area contributed by atoms with Crippen LogP contribution in [-0.2, 0) is 13.9 Å². The highest BCUT2D eigenvalue weighted by Gasteiger charge is 2.60. The predicted molar refractivity (Wildman–Crippen MR) is 74.2 cm³/mol.